The summed E-state index contributed by atoms with van der Waals surface area (Å²) in [6, 6.07) is -0.689. The molecule has 0 aliphatic carbocycles. The molecular formula is C12H18N2O4. The minimum atomic E-state index is -0.998. The van der Waals surface area contributed by atoms with Gasteiger partial charge in [0.2, 0.25) is 11.8 Å². The smallest absolute Gasteiger partial charge is 0.350 e. The molecule has 6 nitrogen and oxygen atoms in total. The molecule has 2 rings (SSSR count). The van der Waals surface area contributed by atoms with Crippen molar-refractivity contribution in [2.45, 2.75) is 39.2 Å². The van der Waals surface area contributed by atoms with Crippen LogP contribution in [0.3, 0.4) is 0 Å². The fraction of sp³-hybridized carbons (Fsp3) is 0.750. The summed E-state index contributed by atoms with van der Waals surface area (Å²) in [6.45, 7) is 4.03. The van der Waals surface area contributed by atoms with E-state index in [1.54, 1.807) is 0 Å². The number of nitrogens with one attached hydrogen (secondary N) is 1. The fourth-order valence-electron chi connectivity index (χ4n) is 2.79. The number of hydrogen-bond acceptors (Lipinski definition) is 4. The maximum Gasteiger partial charge on any atom is 0.350 e. The number of rotatable bonds is 3. The molecule has 0 aromatic rings. The lowest BCUT2D eigenvalue weighted by atomic mass is 9.68. The average molecular weight is 254 g/mol. The summed E-state index contributed by atoms with van der Waals surface area (Å²) in [5.74, 6) is -0.274. The predicted octanol–water partition coefficient (Wildman–Crippen LogP) is 0.839. The van der Waals surface area contributed by atoms with Crippen LogP contribution in [0, 0.1) is 11.3 Å². The minimum absolute atomic E-state index is 0.0377. The van der Waals surface area contributed by atoms with Gasteiger partial charge in [-0.2, -0.15) is 4.99 Å². The number of hydrogen-bond donors (Lipinski definition) is 2. The molecule has 0 bridgehead atoms. The second-order valence-electron chi connectivity index (χ2n) is 5.01. The highest BCUT2D eigenvalue weighted by Crippen LogP contribution is 2.42. The summed E-state index contributed by atoms with van der Waals surface area (Å²) >= 11 is 0. The van der Waals surface area contributed by atoms with Crippen molar-refractivity contribution >= 4 is 17.8 Å². The van der Waals surface area contributed by atoms with E-state index in [9.17, 15) is 14.7 Å². The van der Waals surface area contributed by atoms with Crippen molar-refractivity contribution in [2.75, 3.05) is 6.61 Å². The Bertz CT molecular complexity index is 407. The second kappa shape index (κ2) is 4.68. The van der Waals surface area contributed by atoms with Crippen LogP contribution in [-0.2, 0) is 9.53 Å². The molecule has 0 radical (unpaired) electrons. The van der Waals surface area contributed by atoms with Crippen LogP contribution in [0.2, 0.25) is 0 Å². The first kappa shape index (κ1) is 13.0. The van der Waals surface area contributed by atoms with Gasteiger partial charge in [0, 0.05) is 6.42 Å². The van der Waals surface area contributed by atoms with Crippen molar-refractivity contribution in [3.8, 4) is 0 Å². The number of imide groups is 1. The molecule has 2 aliphatic rings. The molecule has 100 valence electrons. The molecule has 0 aromatic heterocycles. The first-order valence-corrected chi connectivity index (χ1v) is 6.26. The van der Waals surface area contributed by atoms with Crippen molar-refractivity contribution < 1.29 is 19.4 Å². The molecule has 3 amide bonds. The molecule has 6 heteroatoms. The first-order valence-electron chi connectivity index (χ1n) is 6.26. The molecule has 0 aromatic carbocycles. The van der Waals surface area contributed by atoms with Crippen LogP contribution in [-0.4, -0.2) is 35.7 Å². The fourth-order valence-corrected chi connectivity index (χ4v) is 2.79. The van der Waals surface area contributed by atoms with Gasteiger partial charge in [0.25, 0.3) is 0 Å². The zero-order valence-corrected chi connectivity index (χ0v) is 10.6. The number of carbonyl (C=O) groups is 2. The van der Waals surface area contributed by atoms with Gasteiger partial charge in [0.1, 0.15) is 12.0 Å². The zero-order chi connectivity index (χ0) is 13.3. The van der Waals surface area contributed by atoms with Crippen LogP contribution in [0.4, 0.5) is 4.79 Å². The number of carbonyl (C=O) groups excluding carboxylic acids is 2. The maximum absolute atomic E-state index is 12.2. The minimum Gasteiger partial charge on any atom is -0.477 e. The van der Waals surface area contributed by atoms with Gasteiger partial charge in [-0.15, -0.1) is 0 Å². The lowest BCUT2D eigenvalue weighted by Crippen LogP contribution is -2.60. The first-order chi connectivity index (χ1) is 8.50. The summed E-state index contributed by atoms with van der Waals surface area (Å²) in [5, 5.41) is 12.0. The molecule has 1 saturated heterocycles. The Morgan fingerprint density at radius 2 is 2.33 bits per heavy atom. The van der Waals surface area contributed by atoms with Crippen LogP contribution < -0.4 is 5.32 Å². The standard InChI is InChI=1S/C12H18N2O4/c1-3-4-7(2)12-5-8(15)6-18-10(12)14-11(17)13-9(12)16/h7-8,15H,3-6H2,1-2H3,(H,13,16,17). The average Bonchev–Trinajstić information content (AvgIpc) is 2.30. The number of aliphatic hydroxyl groups is 1. The molecule has 3 unspecified atom stereocenters. The van der Waals surface area contributed by atoms with Crippen LogP contribution in [0.25, 0.3) is 0 Å². The lowest BCUT2D eigenvalue weighted by molar-refractivity contribution is -0.134. The van der Waals surface area contributed by atoms with E-state index in [4.69, 9.17) is 4.74 Å². The largest absolute Gasteiger partial charge is 0.477 e. The molecule has 18 heavy (non-hydrogen) atoms. The highest BCUT2D eigenvalue weighted by molar-refractivity contribution is 6.17. The molecule has 3 atom stereocenters. The summed E-state index contributed by atoms with van der Waals surface area (Å²) < 4.78 is 5.32. The Morgan fingerprint density at radius 1 is 1.61 bits per heavy atom. The Hall–Kier alpha value is -1.43. The topological polar surface area (TPSA) is 88.0 Å². The highest BCUT2D eigenvalue weighted by atomic mass is 16.5. The molecular weight excluding hydrogens is 236 g/mol. The number of ether oxygens (including phenoxy) is 1. The van der Waals surface area contributed by atoms with E-state index in [0.717, 1.165) is 12.8 Å². The molecule has 2 heterocycles. The Kier molecular flexibility index (Phi) is 3.38. The number of aliphatic imine (C=N–C) groups is 1. The molecule has 1 fully saturated rings. The van der Waals surface area contributed by atoms with E-state index in [2.05, 4.69) is 10.3 Å². The van der Waals surface area contributed by atoms with Crippen molar-refractivity contribution in [2.24, 2.45) is 16.3 Å². The summed E-state index contributed by atoms with van der Waals surface area (Å²) in [5.41, 5.74) is -0.998. The van der Waals surface area contributed by atoms with Gasteiger partial charge in [0.05, 0.1) is 6.10 Å². The molecule has 2 aliphatic heterocycles. The molecule has 0 saturated carbocycles. The quantitative estimate of drug-likeness (QED) is 0.781. The second-order valence-corrected chi connectivity index (χ2v) is 5.01. The third-order valence-corrected chi connectivity index (χ3v) is 3.74. The monoisotopic (exact) mass is 254 g/mol. The van der Waals surface area contributed by atoms with Crippen molar-refractivity contribution in [1.29, 1.82) is 0 Å². The van der Waals surface area contributed by atoms with Crippen LogP contribution >= 0.6 is 0 Å². The van der Waals surface area contributed by atoms with Crippen LogP contribution in [0.5, 0.6) is 0 Å². The molecule has 2 N–H and O–H groups in total. The van der Waals surface area contributed by atoms with E-state index >= 15 is 0 Å². The van der Waals surface area contributed by atoms with Gasteiger partial charge in [-0.1, -0.05) is 20.3 Å². The number of aliphatic hydroxyl groups excluding tert-OH is 1. The van der Waals surface area contributed by atoms with Gasteiger partial charge in [-0.05, 0) is 12.3 Å². The Labute approximate surface area is 105 Å². The van der Waals surface area contributed by atoms with Crippen molar-refractivity contribution in [3.05, 3.63) is 0 Å². The number of urea groups is 1. The lowest BCUT2D eigenvalue weighted by Gasteiger charge is -2.43. The van der Waals surface area contributed by atoms with E-state index < -0.39 is 23.5 Å². The number of nitrogens with zero attached hydrogens (tertiary/aromatic N) is 1. The Balaban J connectivity index is 2.43. The summed E-state index contributed by atoms with van der Waals surface area (Å²) in [6.07, 6.45) is 1.26. The third-order valence-electron chi connectivity index (χ3n) is 3.74. The normalized spacial score (nSPS) is 33.1. The third kappa shape index (κ3) is 1.90. The van der Waals surface area contributed by atoms with Crippen LogP contribution in [0.1, 0.15) is 33.1 Å². The zero-order valence-electron chi connectivity index (χ0n) is 10.6. The highest BCUT2D eigenvalue weighted by Gasteiger charge is 2.55. The summed E-state index contributed by atoms with van der Waals surface area (Å²) in [4.78, 5) is 27.3. The van der Waals surface area contributed by atoms with Gasteiger partial charge in [0.15, 0.2) is 0 Å². The number of fused-ring (bicyclic) bond motifs is 1. The Morgan fingerprint density at radius 3 is 3.00 bits per heavy atom. The van der Waals surface area contributed by atoms with Gasteiger partial charge >= 0.3 is 6.03 Å². The predicted molar refractivity (Wildman–Crippen MR) is 64.1 cm³/mol. The molecule has 0 spiro atoms. The van der Waals surface area contributed by atoms with E-state index in [1.165, 1.54) is 0 Å². The van der Waals surface area contributed by atoms with E-state index in [0.29, 0.717) is 0 Å². The number of amides is 3. The van der Waals surface area contributed by atoms with E-state index in [1.807, 2.05) is 13.8 Å². The van der Waals surface area contributed by atoms with Crippen LogP contribution in [0.15, 0.2) is 4.99 Å². The van der Waals surface area contributed by atoms with Crippen molar-refractivity contribution in [3.63, 3.8) is 0 Å². The van der Waals surface area contributed by atoms with Gasteiger partial charge < -0.3 is 9.84 Å². The van der Waals surface area contributed by atoms with Gasteiger partial charge in [-0.25, -0.2) is 4.79 Å². The van der Waals surface area contributed by atoms with Gasteiger partial charge in [-0.3, -0.25) is 10.1 Å². The maximum atomic E-state index is 12.2. The SMILES string of the molecule is CCCC(C)C12CC(O)COC1=NC(=O)NC2=O. The van der Waals surface area contributed by atoms with E-state index in [-0.39, 0.29) is 24.8 Å². The van der Waals surface area contributed by atoms with Crippen molar-refractivity contribution in [1.82, 2.24) is 5.32 Å². The summed E-state index contributed by atoms with van der Waals surface area (Å²) in [7, 11) is 0.